The maximum atomic E-state index is 11.7. The minimum absolute atomic E-state index is 0.211. The first-order valence-corrected chi connectivity index (χ1v) is 5.31. The Bertz CT molecular complexity index is 422. The number of imide groups is 1. The SMILES string of the molecule is CCN1C(=O)S/C(=C/c2ccoc2)C1=O. The largest absolute Gasteiger partial charge is 0.472 e. The van der Waals surface area contributed by atoms with Crippen molar-refractivity contribution in [1.29, 1.82) is 0 Å². The minimum Gasteiger partial charge on any atom is -0.472 e. The standard InChI is InChI=1S/C10H9NO3S/c1-2-11-9(12)8(15-10(11)13)5-7-3-4-14-6-7/h3-6H,2H2,1H3/b8-5+. The van der Waals surface area contributed by atoms with Gasteiger partial charge in [0.25, 0.3) is 11.1 Å². The number of furan rings is 1. The molecule has 15 heavy (non-hydrogen) atoms. The maximum Gasteiger partial charge on any atom is 0.293 e. The Kier molecular flexibility index (Phi) is 2.64. The van der Waals surface area contributed by atoms with Gasteiger partial charge in [-0.05, 0) is 30.8 Å². The van der Waals surface area contributed by atoms with Crippen LogP contribution in [0, 0.1) is 0 Å². The lowest BCUT2D eigenvalue weighted by molar-refractivity contribution is -0.122. The van der Waals surface area contributed by atoms with E-state index in [1.165, 1.54) is 17.4 Å². The summed E-state index contributed by atoms with van der Waals surface area (Å²) in [6, 6.07) is 1.74. The molecule has 0 aliphatic carbocycles. The Hall–Kier alpha value is -1.49. The van der Waals surface area contributed by atoms with Gasteiger partial charge in [0.05, 0.1) is 17.4 Å². The lowest BCUT2D eigenvalue weighted by Gasteiger charge is -2.06. The minimum atomic E-state index is -0.228. The van der Waals surface area contributed by atoms with Crippen molar-refractivity contribution < 1.29 is 14.0 Å². The van der Waals surface area contributed by atoms with Gasteiger partial charge in [-0.15, -0.1) is 0 Å². The zero-order valence-corrected chi connectivity index (χ0v) is 8.91. The van der Waals surface area contributed by atoms with Crippen LogP contribution in [0.15, 0.2) is 27.9 Å². The first kappa shape index (κ1) is 10.0. The molecule has 2 heterocycles. The molecule has 1 fully saturated rings. The van der Waals surface area contributed by atoms with Gasteiger partial charge in [-0.1, -0.05) is 0 Å². The van der Waals surface area contributed by atoms with Gasteiger partial charge in [-0.3, -0.25) is 14.5 Å². The van der Waals surface area contributed by atoms with Crippen LogP contribution in [0.4, 0.5) is 4.79 Å². The van der Waals surface area contributed by atoms with Crippen LogP contribution in [0.1, 0.15) is 12.5 Å². The van der Waals surface area contributed by atoms with Crippen molar-refractivity contribution in [3.8, 4) is 0 Å². The summed E-state index contributed by atoms with van der Waals surface area (Å²) in [6.45, 7) is 2.19. The highest BCUT2D eigenvalue weighted by molar-refractivity contribution is 8.18. The number of rotatable bonds is 2. The molecule has 0 atom stereocenters. The molecule has 0 unspecified atom stereocenters. The van der Waals surface area contributed by atoms with Gasteiger partial charge >= 0.3 is 0 Å². The summed E-state index contributed by atoms with van der Waals surface area (Å²) in [7, 11) is 0. The second-order valence-corrected chi connectivity index (χ2v) is 3.98. The van der Waals surface area contributed by atoms with Crippen LogP contribution < -0.4 is 0 Å². The van der Waals surface area contributed by atoms with E-state index in [0.717, 1.165) is 17.3 Å². The maximum absolute atomic E-state index is 11.7. The van der Waals surface area contributed by atoms with E-state index in [9.17, 15) is 9.59 Å². The van der Waals surface area contributed by atoms with Gasteiger partial charge in [0.15, 0.2) is 0 Å². The van der Waals surface area contributed by atoms with Gasteiger partial charge in [0.1, 0.15) is 0 Å². The summed E-state index contributed by atoms with van der Waals surface area (Å²) in [5, 5.41) is -0.211. The van der Waals surface area contributed by atoms with Crippen molar-refractivity contribution in [2.75, 3.05) is 6.54 Å². The van der Waals surface area contributed by atoms with Gasteiger partial charge in [0.2, 0.25) is 0 Å². The number of carbonyl (C=O) groups is 2. The molecule has 0 radical (unpaired) electrons. The van der Waals surface area contributed by atoms with Crippen LogP contribution in [0.2, 0.25) is 0 Å². The Morgan fingerprint density at radius 1 is 1.53 bits per heavy atom. The van der Waals surface area contributed by atoms with Crippen LogP contribution in [0.5, 0.6) is 0 Å². The van der Waals surface area contributed by atoms with E-state index in [1.807, 2.05) is 0 Å². The molecule has 78 valence electrons. The number of nitrogens with zero attached hydrogens (tertiary/aromatic N) is 1. The molecule has 0 bridgehead atoms. The second-order valence-electron chi connectivity index (χ2n) is 2.98. The zero-order chi connectivity index (χ0) is 10.8. The predicted molar refractivity (Wildman–Crippen MR) is 57.1 cm³/mol. The number of carbonyl (C=O) groups excluding carboxylic acids is 2. The quantitative estimate of drug-likeness (QED) is 0.722. The van der Waals surface area contributed by atoms with Crippen LogP contribution >= 0.6 is 11.8 Å². The summed E-state index contributed by atoms with van der Waals surface area (Å²) in [5.41, 5.74) is 0.789. The molecule has 1 aliphatic heterocycles. The van der Waals surface area contributed by atoms with Gasteiger partial charge < -0.3 is 4.42 Å². The number of amides is 2. The smallest absolute Gasteiger partial charge is 0.293 e. The summed E-state index contributed by atoms with van der Waals surface area (Å²) in [4.78, 5) is 24.7. The molecule has 1 aromatic heterocycles. The number of thioether (sulfide) groups is 1. The van der Waals surface area contributed by atoms with Crippen LogP contribution in [0.3, 0.4) is 0 Å². The van der Waals surface area contributed by atoms with E-state index in [4.69, 9.17) is 4.42 Å². The Balaban J connectivity index is 2.26. The second kappa shape index (κ2) is 3.94. The lowest BCUT2D eigenvalue weighted by Crippen LogP contribution is -2.27. The average molecular weight is 223 g/mol. The third kappa shape index (κ3) is 1.83. The van der Waals surface area contributed by atoms with Crippen molar-refractivity contribution >= 4 is 29.0 Å². The highest BCUT2D eigenvalue weighted by atomic mass is 32.2. The monoisotopic (exact) mass is 223 g/mol. The Morgan fingerprint density at radius 2 is 2.33 bits per heavy atom. The molecule has 5 heteroatoms. The molecule has 1 saturated heterocycles. The fourth-order valence-corrected chi connectivity index (χ4v) is 2.18. The number of hydrogen-bond acceptors (Lipinski definition) is 4. The highest BCUT2D eigenvalue weighted by Crippen LogP contribution is 2.31. The topological polar surface area (TPSA) is 50.5 Å². The molecule has 0 N–H and O–H groups in total. The van der Waals surface area contributed by atoms with Crippen molar-refractivity contribution in [3.63, 3.8) is 0 Å². The molecule has 1 aromatic rings. The first-order valence-electron chi connectivity index (χ1n) is 4.50. The fourth-order valence-electron chi connectivity index (χ4n) is 1.28. The third-order valence-corrected chi connectivity index (χ3v) is 2.94. The van der Waals surface area contributed by atoms with E-state index >= 15 is 0 Å². The zero-order valence-electron chi connectivity index (χ0n) is 8.10. The van der Waals surface area contributed by atoms with Gasteiger partial charge in [0, 0.05) is 12.1 Å². The van der Waals surface area contributed by atoms with Crippen LogP contribution in [-0.4, -0.2) is 22.6 Å². The predicted octanol–water partition coefficient (Wildman–Crippen LogP) is 2.34. The van der Waals surface area contributed by atoms with E-state index in [0.29, 0.717) is 11.4 Å². The van der Waals surface area contributed by atoms with E-state index in [2.05, 4.69) is 0 Å². The van der Waals surface area contributed by atoms with Crippen molar-refractivity contribution in [2.24, 2.45) is 0 Å². The summed E-state index contributed by atoms with van der Waals surface area (Å²) < 4.78 is 4.88. The molecular weight excluding hydrogens is 214 g/mol. The van der Waals surface area contributed by atoms with E-state index in [-0.39, 0.29) is 11.1 Å². The highest BCUT2D eigenvalue weighted by Gasteiger charge is 2.33. The summed E-state index contributed by atoms with van der Waals surface area (Å²) in [6.07, 6.45) is 4.71. The van der Waals surface area contributed by atoms with Gasteiger partial charge in [-0.25, -0.2) is 0 Å². The lowest BCUT2D eigenvalue weighted by atomic mass is 10.3. The summed E-state index contributed by atoms with van der Waals surface area (Å²) >= 11 is 0.961. The van der Waals surface area contributed by atoms with Crippen molar-refractivity contribution in [2.45, 2.75) is 6.92 Å². The van der Waals surface area contributed by atoms with Gasteiger partial charge in [-0.2, -0.15) is 0 Å². The number of hydrogen-bond donors (Lipinski definition) is 0. The normalized spacial score (nSPS) is 19.3. The molecule has 0 aromatic carbocycles. The molecule has 2 rings (SSSR count). The first-order chi connectivity index (χ1) is 7.22. The molecule has 4 nitrogen and oxygen atoms in total. The molecule has 1 aliphatic rings. The Labute approximate surface area is 90.9 Å². The van der Waals surface area contributed by atoms with Crippen LogP contribution in [-0.2, 0) is 4.79 Å². The van der Waals surface area contributed by atoms with Crippen molar-refractivity contribution in [1.82, 2.24) is 4.90 Å². The van der Waals surface area contributed by atoms with Crippen LogP contribution in [0.25, 0.3) is 6.08 Å². The molecular formula is C10H9NO3S. The van der Waals surface area contributed by atoms with Crippen molar-refractivity contribution in [3.05, 3.63) is 29.1 Å². The fraction of sp³-hybridized carbons (Fsp3) is 0.200. The number of likely N-dealkylation sites (N-methyl/N-ethyl adjacent to an activating group) is 1. The van der Waals surface area contributed by atoms with E-state index < -0.39 is 0 Å². The Morgan fingerprint density at radius 3 is 2.87 bits per heavy atom. The molecule has 0 saturated carbocycles. The third-order valence-electron chi connectivity index (χ3n) is 2.03. The molecule has 2 amide bonds. The molecule has 0 spiro atoms. The average Bonchev–Trinajstić information content (AvgIpc) is 2.78. The summed E-state index contributed by atoms with van der Waals surface area (Å²) in [5.74, 6) is -0.228. The van der Waals surface area contributed by atoms with E-state index in [1.54, 1.807) is 19.1 Å².